The molecule has 6 heteroatoms. The maximum absolute atomic E-state index is 12.0. The van der Waals surface area contributed by atoms with Crippen molar-refractivity contribution in [3.63, 3.8) is 0 Å². The molecule has 2 rings (SSSR count). The van der Waals surface area contributed by atoms with E-state index in [0.29, 0.717) is 19.6 Å². The minimum Gasteiger partial charge on any atom is -0.491 e. The molecule has 1 fully saturated rings. The van der Waals surface area contributed by atoms with Gasteiger partial charge in [0.25, 0.3) is 0 Å². The van der Waals surface area contributed by atoms with E-state index in [0.717, 1.165) is 42.7 Å². The van der Waals surface area contributed by atoms with E-state index >= 15 is 0 Å². The second kappa shape index (κ2) is 10.5. The lowest BCUT2D eigenvalue weighted by Crippen LogP contribution is -2.40. The molecule has 1 saturated heterocycles. The van der Waals surface area contributed by atoms with Gasteiger partial charge in [0.05, 0.1) is 12.1 Å². The molecule has 0 aromatic heterocycles. The number of aryl methyl sites for hydroxylation is 1. The molecule has 0 spiro atoms. The fourth-order valence-corrected chi connectivity index (χ4v) is 2.66. The van der Waals surface area contributed by atoms with Gasteiger partial charge in [-0.1, -0.05) is 25.5 Å². The molecular formula is C18H29ClN2O3. The lowest BCUT2D eigenvalue weighted by Gasteiger charge is -2.17. The van der Waals surface area contributed by atoms with Crippen LogP contribution in [0.25, 0.3) is 0 Å². The highest BCUT2D eigenvalue weighted by molar-refractivity contribution is 5.85. The second-order valence-corrected chi connectivity index (χ2v) is 6.17. The van der Waals surface area contributed by atoms with Gasteiger partial charge in [-0.25, -0.2) is 0 Å². The molecular weight excluding hydrogens is 328 g/mol. The molecule has 1 aliphatic heterocycles. The molecule has 24 heavy (non-hydrogen) atoms. The van der Waals surface area contributed by atoms with Crippen molar-refractivity contribution in [1.82, 2.24) is 5.32 Å². The van der Waals surface area contributed by atoms with Gasteiger partial charge in [-0.15, -0.1) is 12.4 Å². The summed E-state index contributed by atoms with van der Waals surface area (Å²) < 4.78 is 11.5. The Morgan fingerprint density at radius 1 is 1.50 bits per heavy atom. The number of amides is 1. The summed E-state index contributed by atoms with van der Waals surface area (Å²) in [4.78, 5) is 12.0. The first kappa shape index (κ1) is 20.7. The summed E-state index contributed by atoms with van der Waals surface area (Å²) >= 11 is 0. The van der Waals surface area contributed by atoms with Gasteiger partial charge >= 0.3 is 0 Å². The molecule has 1 heterocycles. The zero-order valence-electron chi connectivity index (χ0n) is 14.5. The first-order valence-electron chi connectivity index (χ1n) is 8.47. The number of carbonyl (C=O) groups is 1. The van der Waals surface area contributed by atoms with Gasteiger partial charge in [0, 0.05) is 18.7 Å². The van der Waals surface area contributed by atoms with Gasteiger partial charge in [0.2, 0.25) is 5.91 Å². The number of hydrogen-bond donors (Lipinski definition) is 2. The molecule has 3 N–H and O–H groups in total. The fraction of sp³-hybridized carbons (Fsp3) is 0.611. The number of carbonyl (C=O) groups excluding carboxylic acids is 1. The summed E-state index contributed by atoms with van der Waals surface area (Å²) in [5.41, 5.74) is 7.93. The Hall–Kier alpha value is -1.30. The molecule has 1 amide bonds. The van der Waals surface area contributed by atoms with Crippen molar-refractivity contribution in [3.8, 4) is 5.75 Å². The van der Waals surface area contributed by atoms with Crippen LogP contribution in [0.5, 0.6) is 5.75 Å². The van der Waals surface area contributed by atoms with E-state index in [1.165, 1.54) is 0 Å². The predicted molar refractivity (Wildman–Crippen MR) is 97.6 cm³/mol. The molecule has 5 nitrogen and oxygen atoms in total. The van der Waals surface area contributed by atoms with Crippen molar-refractivity contribution in [2.75, 3.05) is 13.2 Å². The Morgan fingerprint density at radius 2 is 2.29 bits per heavy atom. The summed E-state index contributed by atoms with van der Waals surface area (Å²) in [5.74, 6) is 0.697. The summed E-state index contributed by atoms with van der Waals surface area (Å²) in [6, 6.07) is 5.57. The van der Waals surface area contributed by atoms with E-state index in [2.05, 4.69) is 5.32 Å². The zero-order chi connectivity index (χ0) is 16.7. The van der Waals surface area contributed by atoms with E-state index in [4.69, 9.17) is 15.2 Å². The monoisotopic (exact) mass is 356 g/mol. The standard InChI is InChI=1S/C18H28N2O3.ClH/c1-3-5-16(19)18(21)20-11-14-8-7-13(2)10-17(14)23-12-15-6-4-9-22-15;/h7-8,10,15-16H,3-6,9,11-12,19H2,1-2H3,(H,20,21);1H. The summed E-state index contributed by atoms with van der Waals surface area (Å²) in [5, 5.41) is 2.90. The fourth-order valence-electron chi connectivity index (χ4n) is 2.66. The Balaban J connectivity index is 0.00000288. The van der Waals surface area contributed by atoms with Crippen LogP contribution in [0, 0.1) is 6.92 Å². The third-order valence-electron chi connectivity index (χ3n) is 4.06. The Kier molecular flexibility index (Phi) is 9.11. The molecule has 1 aliphatic rings. The van der Waals surface area contributed by atoms with Crippen LogP contribution in [-0.2, 0) is 16.1 Å². The highest BCUT2D eigenvalue weighted by Gasteiger charge is 2.17. The van der Waals surface area contributed by atoms with Gasteiger partial charge in [0.15, 0.2) is 0 Å². The largest absolute Gasteiger partial charge is 0.491 e. The summed E-state index contributed by atoms with van der Waals surface area (Å²) in [7, 11) is 0. The van der Waals surface area contributed by atoms with Crippen molar-refractivity contribution >= 4 is 18.3 Å². The SMILES string of the molecule is CCCC(N)C(=O)NCc1ccc(C)cc1OCC1CCCO1.Cl. The topological polar surface area (TPSA) is 73.6 Å². The number of hydrogen-bond acceptors (Lipinski definition) is 4. The molecule has 2 atom stereocenters. The molecule has 0 radical (unpaired) electrons. The first-order chi connectivity index (χ1) is 11.1. The summed E-state index contributed by atoms with van der Waals surface area (Å²) in [6.07, 6.45) is 3.91. The van der Waals surface area contributed by atoms with Crippen LogP contribution in [0.4, 0.5) is 0 Å². The van der Waals surface area contributed by atoms with Crippen molar-refractivity contribution in [3.05, 3.63) is 29.3 Å². The van der Waals surface area contributed by atoms with Crippen LogP contribution >= 0.6 is 12.4 Å². The van der Waals surface area contributed by atoms with Gasteiger partial charge in [0.1, 0.15) is 12.4 Å². The number of nitrogens with two attached hydrogens (primary N) is 1. The highest BCUT2D eigenvalue weighted by Crippen LogP contribution is 2.22. The lowest BCUT2D eigenvalue weighted by molar-refractivity contribution is -0.122. The third kappa shape index (κ3) is 6.30. The van der Waals surface area contributed by atoms with Crippen LogP contribution in [0.2, 0.25) is 0 Å². The Labute approximate surface area is 150 Å². The number of nitrogens with one attached hydrogen (secondary N) is 1. The molecule has 0 bridgehead atoms. The average molecular weight is 357 g/mol. The van der Waals surface area contributed by atoms with Crippen molar-refractivity contribution in [2.24, 2.45) is 5.73 Å². The minimum atomic E-state index is -0.443. The lowest BCUT2D eigenvalue weighted by atomic mass is 10.1. The van der Waals surface area contributed by atoms with Crippen molar-refractivity contribution in [2.45, 2.75) is 58.2 Å². The molecule has 1 aromatic carbocycles. The van der Waals surface area contributed by atoms with Crippen LogP contribution < -0.4 is 15.8 Å². The van der Waals surface area contributed by atoms with Crippen molar-refractivity contribution in [1.29, 1.82) is 0 Å². The number of ether oxygens (including phenoxy) is 2. The van der Waals surface area contributed by atoms with Gasteiger partial charge in [-0.2, -0.15) is 0 Å². The zero-order valence-corrected chi connectivity index (χ0v) is 15.4. The van der Waals surface area contributed by atoms with E-state index in [1.807, 2.05) is 32.0 Å². The van der Waals surface area contributed by atoms with Crippen LogP contribution in [0.15, 0.2) is 18.2 Å². The third-order valence-corrected chi connectivity index (χ3v) is 4.06. The molecule has 0 saturated carbocycles. The van der Waals surface area contributed by atoms with Crippen LogP contribution in [-0.4, -0.2) is 31.3 Å². The summed E-state index contributed by atoms with van der Waals surface area (Å²) in [6.45, 7) is 5.85. The number of rotatable bonds is 8. The van der Waals surface area contributed by atoms with Crippen LogP contribution in [0.1, 0.15) is 43.7 Å². The molecule has 136 valence electrons. The van der Waals surface area contributed by atoms with E-state index < -0.39 is 6.04 Å². The van der Waals surface area contributed by atoms with E-state index in [1.54, 1.807) is 0 Å². The normalized spacial score (nSPS) is 17.9. The maximum Gasteiger partial charge on any atom is 0.237 e. The minimum absolute atomic E-state index is 0. The van der Waals surface area contributed by atoms with Gasteiger partial charge in [-0.3, -0.25) is 4.79 Å². The maximum atomic E-state index is 12.0. The van der Waals surface area contributed by atoms with Gasteiger partial charge in [-0.05, 0) is 37.8 Å². The Bertz CT molecular complexity index is 519. The second-order valence-electron chi connectivity index (χ2n) is 6.17. The molecule has 2 unspecified atom stereocenters. The van der Waals surface area contributed by atoms with E-state index in [-0.39, 0.29) is 24.4 Å². The average Bonchev–Trinajstić information content (AvgIpc) is 3.05. The Morgan fingerprint density at radius 3 is 2.96 bits per heavy atom. The predicted octanol–water partition coefficient (Wildman–Crippen LogP) is 2.72. The molecule has 0 aliphatic carbocycles. The number of halogens is 1. The highest BCUT2D eigenvalue weighted by atomic mass is 35.5. The van der Waals surface area contributed by atoms with Gasteiger partial charge < -0.3 is 20.5 Å². The quantitative estimate of drug-likeness (QED) is 0.751. The van der Waals surface area contributed by atoms with Crippen LogP contribution in [0.3, 0.4) is 0 Å². The first-order valence-corrected chi connectivity index (χ1v) is 8.47. The van der Waals surface area contributed by atoms with Crippen molar-refractivity contribution < 1.29 is 14.3 Å². The smallest absolute Gasteiger partial charge is 0.237 e. The van der Waals surface area contributed by atoms with E-state index in [9.17, 15) is 4.79 Å². The number of benzene rings is 1. The molecule has 1 aromatic rings.